The van der Waals surface area contributed by atoms with Crippen molar-refractivity contribution in [2.24, 2.45) is 5.92 Å². The van der Waals surface area contributed by atoms with Crippen molar-refractivity contribution in [2.75, 3.05) is 12.3 Å². The second kappa shape index (κ2) is 8.34. The molecule has 0 saturated heterocycles. The predicted molar refractivity (Wildman–Crippen MR) is 94.2 cm³/mol. The molecule has 3 N–H and O–H groups in total. The Morgan fingerprint density at radius 2 is 2.17 bits per heavy atom. The molecule has 0 aliphatic heterocycles. The van der Waals surface area contributed by atoms with Gasteiger partial charge in [-0.1, -0.05) is 19.9 Å². The van der Waals surface area contributed by atoms with Crippen molar-refractivity contribution in [3.8, 4) is 0 Å². The van der Waals surface area contributed by atoms with Gasteiger partial charge in [0.15, 0.2) is 0 Å². The first kappa shape index (κ1) is 17.8. The summed E-state index contributed by atoms with van der Waals surface area (Å²) in [4.78, 5) is 12.2. The average Bonchev–Trinajstić information content (AvgIpc) is 2.46. The molecule has 0 aromatic heterocycles. The van der Waals surface area contributed by atoms with E-state index in [-0.39, 0.29) is 18.1 Å². The molecule has 0 fully saturated rings. The number of nitrogen functional groups attached to an aromatic ring is 1. The van der Waals surface area contributed by atoms with Crippen LogP contribution in [0.2, 0.25) is 0 Å². The van der Waals surface area contributed by atoms with Crippen molar-refractivity contribution in [1.82, 2.24) is 5.32 Å². The zero-order valence-electron chi connectivity index (χ0n) is 14.6. The van der Waals surface area contributed by atoms with Crippen LogP contribution in [0.4, 0.5) is 5.69 Å². The van der Waals surface area contributed by atoms with Crippen LogP contribution in [-0.2, 0) is 16.0 Å². The highest BCUT2D eigenvalue weighted by Gasteiger charge is 2.21. The van der Waals surface area contributed by atoms with E-state index in [4.69, 9.17) is 10.5 Å². The zero-order chi connectivity index (χ0) is 16.8. The fourth-order valence-electron chi connectivity index (χ4n) is 3.34. The molecule has 0 saturated carbocycles. The average molecular weight is 318 g/mol. The van der Waals surface area contributed by atoms with Crippen LogP contribution in [0, 0.1) is 5.92 Å². The monoisotopic (exact) mass is 318 g/mol. The number of anilines is 1. The Bertz CT molecular complexity index is 528. The summed E-state index contributed by atoms with van der Waals surface area (Å²) >= 11 is 0. The Balaban J connectivity index is 1.80. The molecule has 1 aliphatic rings. The van der Waals surface area contributed by atoms with Crippen LogP contribution in [0.25, 0.3) is 0 Å². The third-order valence-electron chi connectivity index (χ3n) is 4.35. The van der Waals surface area contributed by atoms with Gasteiger partial charge in [-0.2, -0.15) is 0 Å². The van der Waals surface area contributed by atoms with Crippen molar-refractivity contribution >= 4 is 11.6 Å². The number of carbonyl (C=O) groups is 1. The van der Waals surface area contributed by atoms with E-state index < -0.39 is 0 Å². The van der Waals surface area contributed by atoms with E-state index in [0.29, 0.717) is 18.9 Å². The summed E-state index contributed by atoms with van der Waals surface area (Å²) in [6, 6.07) is 6.11. The van der Waals surface area contributed by atoms with Crippen LogP contribution in [0.5, 0.6) is 0 Å². The van der Waals surface area contributed by atoms with Gasteiger partial charge in [-0.05, 0) is 61.8 Å². The van der Waals surface area contributed by atoms with Crippen LogP contribution in [-0.4, -0.2) is 18.6 Å². The van der Waals surface area contributed by atoms with Crippen LogP contribution in [0.15, 0.2) is 18.2 Å². The van der Waals surface area contributed by atoms with E-state index in [1.165, 1.54) is 11.1 Å². The predicted octanol–water partition coefficient (Wildman–Crippen LogP) is 3.60. The number of hydrogen-bond acceptors (Lipinski definition) is 3. The Labute approximate surface area is 139 Å². The number of carbonyl (C=O) groups excluding carboxylic acids is 1. The highest BCUT2D eigenvalue weighted by Crippen LogP contribution is 2.30. The second-order valence-corrected chi connectivity index (χ2v) is 7.03. The van der Waals surface area contributed by atoms with Crippen LogP contribution in [0.3, 0.4) is 0 Å². The summed E-state index contributed by atoms with van der Waals surface area (Å²) in [6.07, 6.45) is 4.78. The van der Waals surface area contributed by atoms with Gasteiger partial charge < -0.3 is 15.8 Å². The first-order valence-electron chi connectivity index (χ1n) is 8.75. The van der Waals surface area contributed by atoms with E-state index >= 15 is 0 Å². The summed E-state index contributed by atoms with van der Waals surface area (Å²) in [5.41, 5.74) is 9.13. The van der Waals surface area contributed by atoms with Crippen molar-refractivity contribution in [2.45, 2.75) is 65.0 Å². The molecule has 0 heterocycles. The summed E-state index contributed by atoms with van der Waals surface area (Å²) in [7, 11) is 0. The SMILES string of the molecule is CC(C)CC(C)OCCC(=O)NC1CCCc2cc(N)ccc21. The Kier molecular flexibility index (Phi) is 6.46. The van der Waals surface area contributed by atoms with Crippen molar-refractivity contribution in [1.29, 1.82) is 0 Å². The Morgan fingerprint density at radius 3 is 2.91 bits per heavy atom. The Morgan fingerprint density at radius 1 is 1.39 bits per heavy atom. The summed E-state index contributed by atoms with van der Waals surface area (Å²) in [6.45, 7) is 6.92. The van der Waals surface area contributed by atoms with E-state index in [0.717, 1.165) is 31.4 Å². The summed E-state index contributed by atoms with van der Waals surface area (Å²) in [5, 5.41) is 3.15. The normalized spacial score (nSPS) is 18.5. The van der Waals surface area contributed by atoms with Gasteiger partial charge in [0.1, 0.15) is 0 Å². The van der Waals surface area contributed by atoms with Crippen LogP contribution < -0.4 is 11.1 Å². The van der Waals surface area contributed by atoms with Gasteiger partial charge in [0.2, 0.25) is 5.91 Å². The highest BCUT2D eigenvalue weighted by atomic mass is 16.5. The molecule has 1 aromatic carbocycles. The fraction of sp³-hybridized carbons (Fsp3) is 0.632. The van der Waals surface area contributed by atoms with Crippen molar-refractivity contribution in [3.63, 3.8) is 0 Å². The van der Waals surface area contributed by atoms with Gasteiger partial charge in [-0.3, -0.25) is 4.79 Å². The van der Waals surface area contributed by atoms with E-state index in [1.54, 1.807) is 0 Å². The van der Waals surface area contributed by atoms with Gasteiger partial charge >= 0.3 is 0 Å². The van der Waals surface area contributed by atoms with Gasteiger partial charge in [0.05, 0.1) is 18.8 Å². The number of hydrogen-bond donors (Lipinski definition) is 2. The van der Waals surface area contributed by atoms with E-state index in [1.807, 2.05) is 12.1 Å². The van der Waals surface area contributed by atoms with Gasteiger partial charge in [-0.15, -0.1) is 0 Å². The number of nitrogens with two attached hydrogens (primary N) is 1. The molecule has 2 atom stereocenters. The molecule has 4 nitrogen and oxygen atoms in total. The number of amides is 1. The zero-order valence-corrected chi connectivity index (χ0v) is 14.6. The lowest BCUT2D eigenvalue weighted by Crippen LogP contribution is -2.31. The largest absolute Gasteiger partial charge is 0.399 e. The number of aryl methyl sites for hydroxylation is 1. The number of nitrogens with one attached hydrogen (secondary N) is 1. The third kappa shape index (κ3) is 5.54. The minimum atomic E-state index is 0.0661. The third-order valence-corrected chi connectivity index (χ3v) is 4.35. The molecule has 2 unspecified atom stereocenters. The maximum absolute atomic E-state index is 12.2. The molecule has 1 amide bonds. The van der Waals surface area contributed by atoms with Gasteiger partial charge in [-0.25, -0.2) is 0 Å². The van der Waals surface area contributed by atoms with Crippen LogP contribution >= 0.6 is 0 Å². The molecular weight excluding hydrogens is 288 g/mol. The molecule has 0 radical (unpaired) electrons. The standard InChI is InChI=1S/C19H30N2O2/c1-13(2)11-14(3)23-10-9-19(22)21-18-6-4-5-15-12-16(20)7-8-17(15)18/h7-8,12-14,18H,4-6,9-11,20H2,1-3H3,(H,21,22). The molecule has 2 rings (SSSR count). The lowest BCUT2D eigenvalue weighted by Gasteiger charge is -2.27. The molecule has 23 heavy (non-hydrogen) atoms. The molecule has 1 aromatic rings. The maximum Gasteiger partial charge on any atom is 0.222 e. The maximum atomic E-state index is 12.2. The van der Waals surface area contributed by atoms with Gasteiger partial charge in [0.25, 0.3) is 0 Å². The first-order chi connectivity index (χ1) is 11.0. The van der Waals surface area contributed by atoms with E-state index in [9.17, 15) is 4.79 Å². The molecule has 1 aliphatic carbocycles. The number of fused-ring (bicyclic) bond motifs is 1. The lowest BCUT2D eigenvalue weighted by molar-refractivity contribution is -0.123. The van der Waals surface area contributed by atoms with E-state index in [2.05, 4.69) is 32.2 Å². The summed E-state index contributed by atoms with van der Waals surface area (Å²) < 4.78 is 5.72. The molecular formula is C19H30N2O2. The molecule has 0 bridgehead atoms. The number of ether oxygens (including phenoxy) is 1. The first-order valence-corrected chi connectivity index (χ1v) is 8.75. The number of benzene rings is 1. The Hall–Kier alpha value is -1.55. The minimum absolute atomic E-state index is 0.0661. The second-order valence-electron chi connectivity index (χ2n) is 7.03. The fourth-order valence-corrected chi connectivity index (χ4v) is 3.34. The molecule has 0 spiro atoms. The highest BCUT2D eigenvalue weighted by molar-refractivity contribution is 5.76. The number of rotatable bonds is 7. The smallest absolute Gasteiger partial charge is 0.222 e. The topological polar surface area (TPSA) is 64.3 Å². The molecule has 128 valence electrons. The van der Waals surface area contributed by atoms with Crippen LogP contribution in [0.1, 0.15) is 63.6 Å². The van der Waals surface area contributed by atoms with Gasteiger partial charge in [0, 0.05) is 12.1 Å². The molecule has 4 heteroatoms. The van der Waals surface area contributed by atoms with Crippen molar-refractivity contribution in [3.05, 3.63) is 29.3 Å². The lowest BCUT2D eigenvalue weighted by atomic mass is 9.87. The summed E-state index contributed by atoms with van der Waals surface area (Å²) in [5.74, 6) is 0.682. The van der Waals surface area contributed by atoms with Crippen molar-refractivity contribution < 1.29 is 9.53 Å². The minimum Gasteiger partial charge on any atom is -0.399 e. The quantitative estimate of drug-likeness (QED) is 0.755.